The lowest BCUT2D eigenvalue weighted by molar-refractivity contribution is 0.341. The highest BCUT2D eigenvalue weighted by Crippen LogP contribution is 2.35. The smallest absolute Gasteiger partial charge is 0.00693 e. The van der Waals surface area contributed by atoms with Crippen molar-refractivity contribution in [2.45, 2.75) is 71.3 Å². The molecule has 1 N–H and O–H groups in total. The first-order valence-corrected chi connectivity index (χ1v) is 6.97. The van der Waals surface area contributed by atoms with Gasteiger partial charge in [0.1, 0.15) is 0 Å². The van der Waals surface area contributed by atoms with Crippen LogP contribution in [0, 0.1) is 11.8 Å². The van der Waals surface area contributed by atoms with Crippen LogP contribution in [0.4, 0.5) is 0 Å². The van der Waals surface area contributed by atoms with E-state index in [0.29, 0.717) is 0 Å². The van der Waals surface area contributed by atoms with Crippen molar-refractivity contribution < 1.29 is 0 Å². The Morgan fingerprint density at radius 1 is 1.27 bits per heavy atom. The van der Waals surface area contributed by atoms with Gasteiger partial charge in [-0.3, -0.25) is 0 Å². The van der Waals surface area contributed by atoms with Crippen molar-refractivity contribution in [2.24, 2.45) is 11.8 Å². The minimum atomic E-state index is 0.791. The molecule has 1 fully saturated rings. The summed E-state index contributed by atoms with van der Waals surface area (Å²) in [7, 11) is 2.14. The van der Waals surface area contributed by atoms with Crippen LogP contribution in [-0.4, -0.2) is 13.1 Å². The van der Waals surface area contributed by atoms with E-state index in [1.54, 1.807) is 0 Å². The Balaban J connectivity index is 2.19. The Kier molecular flexibility index (Phi) is 6.31. The van der Waals surface area contributed by atoms with Gasteiger partial charge in [0, 0.05) is 6.04 Å². The summed E-state index contributed by atoms with van der Waals surface area (Å²) in [5.74, 6) is 2.02. The van der Waals surface area contributed by atoms with Crippen LogP contribution < -0.4 is 5.32 Å². The minimum absolute atomic E-state index is 0.791. The molecule has 2 atom stereocenters. The van der Waals surface area contributed by atoms with Crippen molar-refractivity contribution in [3.8, 4) is 0 Å². The minimum Gasteiger partial charge on any atom is -0.317 e. The molecule has 0 aromatic carbocycles. The molecule has 0 aliphatic heterocycles. The third-order valence-electron chi connectivity index (χ3n) is 3.88. The van der Waals surface area contributed by atoms with E-state index < -0.39 is 0 Å². The highest BCUT2D eigenvalue weighted by Gasteiger charge is 2.25. The molecule has 15 heavy (non-hydrogen) atoms. The van der Waals surface area contributed by atoms with Crippen LogP contribution in [0.2, 0.25) is 0 Å². The van der Waals surface area contributed by atoms with Gasteiger partial charge in [-0.15, -0.1) is 0 Å². The van der Waals surface area contributed by atoms with Gasteiger partial charge in [0.2, 0.25) is 0 Å². The van der Waals surface area contributed by atoms with E-state index in [9.17, 15) is 0 Å². The van der Waals surface area contributed by atoms with Crippen molar-refractivity contribution >= 4 is 0 Å². The zero-order valence-electron chi connectivity index (χ0n) is 10.9. The Morgan fingerprint density at radius 3 is 2.47 bits per heavy atom. The van der Waals surface area contributed by atoms with Gasteiger partial charge in [0.25, 0.3) is 0 Å². The molecule has 0 saturated heterocycles. The first-order valence-electron chi connectivity index (χ1n) is 6.97. The summed E-state index contributed by atoms with van der Waals surface area (Å²) < 4.78 is 0. The summed E-state index contributed by atoms with van der Waals surface area (Å²) in [4.78, 5) is 0. The molecule has 0 radical (unpaired) electrons. The molecule has 0 bridgehead atoms. The first-order chi connectivity index (χ1) is 7.30. The van der Waals surface area contributed by atoms with Crippen LogP contribution in [0.3, 0.4) is 0 Å². The largest absolute Gasteiger partial charge is 0.317 e. The van der Waals surface area contributed by atoms with E-state index in [2.05, 4.69) is 26.2 Å². The molecule has 1 aliphatic rings. The van der Waals surface area contributed by atoms with E-state index in [4.69, 9.17) is 0 Å². The lowest BCUT2D eigenvalue weighted by atomic mass is 9.90. The number of nitrogens with one attached hydrogen (secondary N) is 1. The predicted octanol–water partition coefficient (Wildman–Crippen LogP) is 3.98. The van der Waals surface area contributed by atoms with E-state index >= 15 is 0 Å². The van der Waals surface area contributed by atoms with Gasteiger partial charge < -0.3 is 5.32 Å². The average Bonchev–Trinajstić information content (AvgIpc) is 3.06. The maximum atomic E-state index is 3.51. The second-order valence-corrected chi connectivity index (χ2v) is 5.32. The van der Waals surface area contributed by atoms with Gasteiger partial charge in [-0.1, -0.05) is 52.4 Å². The number of hydrogen-bond donors (Lipinski definition) is 1. The fraction of sp³-hybridized carbons (Fsp3) is 1.00. The molecule has 1 aliphatic carbocycles. The summed E-state index contributed by atoms with van der Waals surface area (Å²) in [6.07, 6.45) is 11.4. The molecule has 90 valence electrons. The van der Waals surface area contributed by atoms with Crippen molar-refractivity contribution in [1.82, 2.24) is 5.32 Å². The fourth-order valence-electron chi connectivity index (χ4n) is 2.47. The van der Waals surface area contributed by atoms with Gasteiger partial charge in [0.15, 0.2) is 0 Å². The van der Waals surface area contributed by atoms with Crippen LogP contribution in [0.25, 0.3) is 0 Å². The zero-order chi connectivity index (χ0) is 11.1. The second-order valence-electron chi connectivity index (χ2n) is 5.32. The molecule has 0 heterocycles. The number of unbranched alkanes of at least 4 members (excludes halogenated alkanes) is 1. The molecule has 0 amide bonds. The van der Waals surface area contributed by atoms with Crippen molar-refractivity contribution in [2.75, 3.05) is 7.05 Å². The monoisotopic (exact) mass is 211 g/mol. The Morgan fingerprint density at radius 2 is 2.00 bits per heavy atom. The maximum absolute atomic E-state index is 3.51. The number of hydrogen-bond acceptors (Lipinski definition) is 1. The van der Waals surface area contributed by atoms with Gasteiger partial charge in [-0.05, 0) is 31.7 Å². The Hall–Kier alpha value is -0.0400. The van der Waals surface area contributed by atoms with E-state index in [0.717, 1.165) is 17.9 Å². The van der Waals surface area contributed by atoms with E-state index in [-0.39, 0.29) is 0 Å². The topological polar surface area (TPSA) is 12.0 Å². The van der Waals surface area contributed by atoms with Gasteiger partial charge in [-0.25, -0.2) is 0 Å². The fourth-order valence-corrected chi connectivity index (χ4v) is 2.47. The van der Waals surface area contributed by atoms with Crippen LogP contribution in [0.1, 0.15) is 65.2 Å². The van der Waals surface area contributed by atoms with Crippen LogP contribution in [-0.2, 0) is 0 Å². The van der Waals surface area contributed by atoms with Crippen molar-refractivity contribution in [3.05, 3.63) is 0 Å². The molecular formula is C14H29N. The third-order valence-corrected chi connectivity index (χ3v) is 3.88. The molecule has 0 aromatic heterocycles. The molecule has 1 saturated carbocycles. The highest BCUT2D eigenvalue weighted by molar-refractivity contribution is 4.80. The SMILES string of the molecule is CCCCC(CC)CC(CC1CC1)NC. The molecule has 2 unspecified atom stereocenters. The van der Waals surface area contributed by atoms with Crippen molar-refractivity contribution in [3.63, 3.8) is 0 Å². The average molecular weight is 211 g/mol. The summed E-state index contributed by atoms with van der Waals surface area (Å²) in [6.45, 7) is 4.65. The van der Waals surface area contributed by atoms with Crippen LogP contribution >= 0.6 is 0 Å². The molecule has 1 heteroatoms. The zero-order valence-corrected chi connectivity index (χ0v) is 10.9. The Bertz CT molecular complexity index is 151. The molecule has 1 nitrogen and oxygen atoms in total. The lowest BCUT2D eigenvalue weighted by Crippen LogP contribution is -2.28. The van der Waals surface area contributed by atoms with Crippen LogP contribution in [0.5, 0.6) is 0 Å². The number of rotatable bonds is 9. The third kappa shape index (κ3) is 5.55. The summed E-state index contributed by atoms with van der Waals surface area (Å²) in [5, 5.41) is 3.51. The quantitative estimate of drug-likeness (QED) is 0.608. The Labute approximate surface area is 96.0 Å². The van der Waals surface area contributed by atoms with Gasteiger partial charge in [-0.2, -0.15) is 0 Å². The van der Waals surface area contributed by atoms with E-state index in [1.807, 2.05) is 0 Å². The molecule has 1 rings (SSSR count). The van der Waals surface area contributed by atoms with E-state index in [1.165, 1.54) is 51.4 Å². The molecule has 0 aromatic rings. The first kappa shape index (κ1) is 13.0. The van der Waals surface area contributed by atoms with Crippen LogP contribution in [0.15, 0.2) is 0 Å². The predicted molar refractivity (Wildman–Crippen MR) is 68.1 cm³/mol. The molecular weight excluding hydrogens is 182 g/mol. The summed E-state index contributed by atoms with van der Waals surface area (Å²) in [5.41, 5.74) is 0. The molecule has 0 spiro atoms. The van der Waals surface area contributed by atoms with Gasteiger partial charge >= 0.3 is 0 Å². The normalized spacial score (nSPS) is 20.2. The second kappa shape index (κ2) is 7.27. The van der Waals surface area contributed by atoms with Crippen molar-refractivity contribution in [1.29, 1.82) is 0 Å². The van der Waals surface area contributed by atoms with Gasteiger partial charge in [0.05, 0.1) is 0 Å². The standard InChI is InChI=1S/C14H29N/c1-4-6-7-12(5-2)10-14(15-3)11-13-8-9-13/h12-15H,4-11H2,1-3H3. The lowest BCUT2D eigenvalue weighted by Gasteiger charge is -2.22. The summed E-state index contributed by atoms with van der Waals surface area (Å²) >= 11 is 0. The maximum Gasteiger partial charge on any atom is 0.00693 e. The highest BCUT2D eigenvalue weighted by atomic mass is 14.9. The summed E-state index contributed by atoms with van der Waals surface area (Å²) in [6, 6.07) is 0.791.